The van der Waals surface area contributed by atoms with Crippen molar-refractivity contribution < 1.29 is 4.74 Å². The summed E-state index contributed by atoms with van der Waals surface area (Å²) in [5.74, 6) is 0.792. The second-order valence-electron chi connectivity index (χ2n) is 5.45. The summed E-state index contributed by atoms with van der Waals surface area (Å²) in [6.45, 7) is 2.06. The van der Waals surface area contributed by atoms with Gasteiger partial charge in [-0.25, -0.2) is 0 Å². The standard InChI is InChI=1S/C21H17NO/c1-15-7-6-10-18(11-15)20-13-16(14-22)12-19(21(20)23-2)17-8-4-3-5-9-17/h3-13H,1-2H3. The van der Waals surface area contributed by atoms with Gasteiger partial charge in [0.25, 0.3) is 0 Å². The molecule has 0 bridgehead atoms. The van der Waals surface area contributed by atoms with Crippen molar-refractivity contribution in [3.63, 3.8) is 0 Å². The highest BCUT2D eigenvalue weighted by atomic mass is 16.5. The van der Waals surface area contributed by atoms with E-state index in [0.717, 1.165) is 28.0 Å². The number of ether oxygens (including phenoxy) is 1. The predicted molar refractivity (Wildman–Crippen MR) is 93.3 cm³/mol. The average Bonchev–Trinajstić information content (AvgIpc) is 2.61. The molecule has 0 N–H and O–H groups in total. The molecule has 3 aromatic rings. The van der Waals surface area contributed by atoms with E-state index in [4.69, 9.17) is 4.74 Å². The summed E-state index contributed by atoms with van der Waals surface area (Å²) in [7, 11) is 1.67. The monoisotopic (exact) mass is 299 g/mol. The number of rotatable bonds is 3. The van der Waals surface area contributed by atoms with Crippen molar-refractivity contribution in [3.05, 3.63) is 77.9 Å². The molecule has 112 valence electrons. The van der Waals surface area contributed by atoms with Crippen molar-refractivity contribution in [1.29, 1.82) is 5.26 Å². The highest BCUT2D eigenvalue weighted by molar-refractivity contribution is 5.84. The number of nitriles is 1. The quantitative estimate of drug-likeness (QED) is 0.665. The first-order valence-corrected chi connectivity index (χ1v) is 7.47. The van der Waals surface area contributed by atoms with Crippen molar-refractivity contribution in [2.24, 2.45) is 0 Å². The van der Waals surface area contributed by atoms with E-state index in [0.29, 0.717) is 5.56 Å². The number of aryl methyl sites for hydroxylation is 1. The van der Waals surface area contributed by atoms with Gasteiger partial charge in [0.2, 0.25) is 0 Å². The fourth-order valence-electron chi connectivity index (χ4n) is 2.77. The molecule has 0 saturated carbocycles. The summed E-state index contributed by atoms with van der Waals surface area (Å²) >= 11 is 0. The van der Waals surface area contributed by atoms with Crippen LogP contribution >= 0.6 is 0 Å². The Hall–Kier alpha value is -3.05. The van der Waals surface area contributed by atoms with Crippen LogP contribution < -0.4 is 4.74 Å². The maximum Gasteiger partial charge on any atom is 0.134 e. The third-order valence-corrected chi connectivity index (χ3v) is 3.84. The van der Waals surface area contributed by atoms with Gasteiger partial charge in [-0.3, -0.25) is 0 Å². The maximum absolute atomic E-state index is 9.41. The van der Waals surface area contributed by atoms with E-state index in [1.807, 2.05) is 54.6 Å². The second-order valence-corrected chi connectivity index (χ2v) is 5.45. The van der Waals surface area contributed by atoms with E-state index in [2.05, 4.69) is 25.1 Å². The minimum atomic E-state index is 0.626. The summed E-state index contributed by atoms with van der Waals surface area (Å²) in [5, 5.41) is 9.41. The molecule has 0 saturated heterocycles. The Kier molecular flexibility index (Phi) is 4.12. The van der Waals surface area contributed by atoms with Gasteiger partial charge in [-0.2, -0.15) is 5.26 Å². The van der Waals surface area contributed by atoms with E-state index in [-0.39, 0.29) is 0 Å². The van der Waals surface area contributed by atoms with E-state index in [1.54, 1.807) is 7.11 Å². The minimum absolute atomic E-state index is 0.626. The molecule has 0 fully saturated rings. The average molecular weight is 299 g/mol. The van der Waals surface area contributed by atoms with E-state index in [1.165, 1.54) is 5.56 Å². The van der Waals surface area contributed by atoms with Crippen LogP contribution in [0.2, 0.25) is 0 Å². The predicted octanol–water partition coefficient (Wildman–Crippen LogP) is 5.21. The molecular formula is C21H17NO. The van der Waals surface area contributed by atoms with Crippen LogP contribution in [0.3, 0.4) is 0 Å². The number of nitrogens with zero attached hydrogens (tertiary/aromatic N) is 1. The minimum Gasteiger partial charge on any atom is -0.495 e. The van der Waals surface area contributed by atoms with E-state index >= 15 is 0 Å². The Morgan fingerprint density at radius 1 is 0.826 bits per heavy atom. The lowest BCUT2D eigenvalue weighted by Gasteiger charge is -2.15. The Labute approximate surface area is 136 Å². The van der Waals surface area contributed by atoms with Gasteiger partial charge in [-0.15, -0.1) is 0 Å². The van der Waals surface area contributed by atoms with Crippen LogP contribution in [0.5, 0.6) is 5.75 Å². The van der Waals surface area contributed by atoms with Gasteiger partial charge in [0.15, 0.2) is 0 Å². The Bertz CT molecular complexity index is 876. The smallest absolute Gasteiger partial charge is 0.134 e. The molecular weight excluding hydrogens is 282 g/mol. The Morgan fingerprint density at radius 2 is 1.48 bits per heavy atom. The van der Waals surface area contributed by atoms with Crippen LogP contribution in [0.25, 0.3) is 22.3 Å². The molecule has 0 spiro atoms. The second kappa shape index (κ2) is 6.37. The number of hydrogen-bond acceptors (Lipinski definition) is 2. The fourth-order valence-corrected chi connectivity index (χ4v) is 2.77. The van der Waals surface area contributed by atoms with Gasteiger partial charge in [0.05, 0.1) is 18.7 Å². The molecule has 0 unspecified atom stereocenters. The van der Waals surface area contributed by atoms with Crippen LogP contribution in [0.4, 0.5) is 0 Å². The van der Waals surface area contributed by atoms with Crippen LogP contribution in [0.1, 0.15) is 11.1 Å². The molecule has 3 aromatic carbocycles. The SMILES string of the molecule is COc1c(-c2ccccc2)cc(C#N)cc1-c1cccc(C)c1. The van der Waals surface area contributed by atoms with E-state index < -0.39 is 0 Å². The molecule has 0 aliphatic rings. The fraction of sp³-hybridized carbons (Fsp3) is 0.0952. The summed E-state index contributed by atoms with van der Waals surface area (Å²) in [5.41, 5.74) is 5.76. The molecule has 0 heterocycles. The number of hydrogen-bond donors (Lipinski definition) is 0. The van der Waals surface area contributed by atoms with Crippen molar-refractivity contribution in [2.45, 2.75) is 6.92 Å². The largest absolute Gasteiger partial charge is 0.495 e. The molecule has 0 aliphatic heterocycles. The van der Waals surface area contributed by atoms with Crippen molar-refractivity contribution in [2.75, 3.05) is 7.11 Å². The van der Waals surface area contributed by atoms with E-state index in [9.17, 15) is 5.26 Å². The summed E-state index contributed by atoms with van der Waals surface area (Å²) in [6, 6.07) is 24.3. The summed E-state index contributed by atoms with van der Waals surface area (Å²) < 4.78 is 5.72. The highest BCUT2D eigenvalue weighted by Gasteiger charge is 2.15. The maximum atomic E-state index is 9.41. The van der Waals surface area contributed by atoms with Crippen molar-refractivity contribution in [3.8, 4) is 34.1 Å². The first kappa shape index (κ1) is 14.9. The van der Waals surface area contributed by atoms with Gasteiger partial charge in [0.1, 0.15) is 5.75 Å². The third-order valence-electron chi connectivity index (χ3n) is 3.84. The molecule has 0 radical (unpaired) electrons. The summed E-state index contributed by atoms with van der Waals surface area (Å²) in [4.78, 5) is 0. The van der Waals surface area contributed by atoms with Crippen LogP contribution in [-0.4, -0.2) is 7.11 Å². The van der Waals surface area contributed by atoms with Gasteiger partial charge >= 0.3 is 0 Å². The lowest BCUT2D eigenvalue weighted by Crippen LogP contribution is -1.94. The molecule has 0 amide bonds. The number of methoxy groups -OCH3 is 1. The van der Waals surface area contributed by atoms with Gasteiger partial charge in [-0.05, 0) is 30.2 Å². The lowest BCUT2D eigenvalue weighted by atomic mass is 9.94. The topological polar surface area (TPSA) is 33.0 Å². The van der Waals surface area contributed by atoms with Crippen molar-refractivity contribution >= 4 is 0 Å². The molecule has 2 heteroatoms. The first-order valence-electron chi connectivity index (χ1n) is 7.47. The number of benzene rings is 3. The third kappa shape index (κ3) is 2.95. The van der Waals surface area contributed by atoms with Crippen LogP contribution in [0.15, 0.2) is 66.7 Å². The summed E-state index contributed by atoms with van der Waals surface area (Å²) in [6.07, 6.45) is 0. The zero-order valence-corrected chi connectivity index (χ0v) is 13.2. The molecule has 2 nitrogen and oxygen atoms in total. The van der Waals surface area contributed by atoms with Gasteiger partial charge in [-0.1, -0.05) is 60.2 Å². The lowest BCUT2D eigenvalue weighted by molar-refractivity contribution is 0.418. The molecule has 3 rings (SSSR count). The van der Waals surface area contributed by atoms with Gasteiger partial charge < -0.3 is 4.74 Å². The highest BCUT2D eigenvalue weighted by Crippen LogP contribution is 2.40. The molecule has 23 heavy (non-hydrogen) atoms. The zero-order chi connectivity index (χ0) is 16.2. The normalized spacial score (nSPS) is 10.1. The first-order chi connectivity index (χ1) is 11.2. The van der Waals surface area contributed by atoms with Crippen LogP contribution in [0, 0.1) is 18.3 Å². The Balaban J connectivity index is 2.30. The zero-order valence-electron chi connectivity index (χ0n) is 13.2. The van der Waals surface area contributed by atoms with Crippen molar-refractivity contribution in [1.82, 2.24) is 0 Å². The molecule has 0 aliphatic carbocycles. The molecule has 0 atom stereocenters. The van der Waals surface area contributed by atoms with Crippen LogP contribution in [-0.2, 0) is 0 Å². The Morgan fingerprint density at radius 3 is 2.09 bits per heavy atom. The van der Waals surface area contributed by atoms with Gasteiger partial charge in [0, 0.05) is 11.1 Å². The molecule has 0 aromatic heterocycles.